The summed E-state index contributed by atoms with van der Waals surface area (Å²) in [6, 6.07) is 5.75. The molecular formula is C13H15N3O4. The first-order chi connectivity index (χ1) is 9.61. The predicted molar refractivity (Wildman–Crippen MR) is 70.4 cm³/mol. The number of ether oxygens (including phenoxy) is 1. The van der Waals surface area contributed by atoms with E-state index in [1.54, 1.807) is 24.3 Å². The van der Waals surface area contributed by atoms with Gasteiger partial charge in [-0.3, -0.25) is 14.9 Å². The second-order valence-electron chi connectivity index (χ2n) is 4.26. The van der Waals surface area contributed by atoms with Gasteiger partial charge in [0.2, 0.25) is 0 Å². The van der Waals surface area contributed by atoms with Crippen LogP contribution in [0.4, 0.5) is 4.79 Å². The van der Waals surface area contributed by atoms with Gasteiger partial charge < -0.3 is 15.4 Å². The average Bonchev–Trinajstić information content (AvgIpc) is 2.77. The van der Waals surface area contributed by atoms with Gasteiger partial charge in [-0.05, 0) is 18.6 Å². The second-order valence-corrected chi connectivity index (χ2v) is 4.26. The van der Waals surface area contributed by atoms with Gasteiger partial charge >= 0.3 is 6.03 Å². The van der Waals surface area contributed by atoms with Crippen molar-refractivity contribution in [3.63, 3.8) is 0 Å². The Bertz CT molecular complexity index is 544. The summed E-state index contributed by atoms with van der Waals surface area (Å²) in [6.45, 7) is 0.273. The maximum atomic E-state index is 12.0. The Hall–Kier alpha value is -2.57. The van der Waals surface area contributed by atoms with Crippen LogP contribution in [0.2, 0.25) is 0 Å². The summed E-state index contributed by atoms with van der Waals surface area (Å²) in [5.74, 6) is -0.175. The van der Waals surface area contributed by atoms with Crippen LogP contribution in [0.25, 0.3) is 0 Å². The van der Waals surface area contributed by atoms with Crippen LogP contribution in [0.3, 0.4) is 0 Å². The van der Waals surface area contributed by atoms with E-state index >= 15 is 0 Å². The molecule has 7 heteroatoms. The minimum absolute atomic E-state index is 0.273. The van der Waals surface area contributed by atoms with Gasteiger partial charge in [-0.1, -0.05) is 12.1 Å². The molecule has 7 nitrogen and oxygen atoms in total. The normalized spacial score (nSPS) is 17.4. The summed E-state index contributed by atoms with van der Waals surface area (Å²) in [7, 11) is 1.49. The van der Waals surface area contributed by atoms with Crippen LogP contribution >= 0.6 is 0 Å². The number of hydrogen-bond donors (Lipinski definition) is 3. The summed E-state index contributed by atoms with van der Waals surface area (Å²) in [5, 5.41) is 7.28. The molecule has 3 N–H and O–H groups in total. The molecule has 1 unspecified atom stereocenters. The van der Waals surface area contributed by atoms with E-state index in [9.17, 15) is 14.4 Å². The van der Waals surface area contributed by atoms with E-state index in [1.807, 2.05) is 0 Å². The van der Waals surface area contributed by atoms with Crippen LogP contribution in [0.5, 0.6) is 5.75 Å². The SMILES string of the molecule is COc1ccccc1C(=O)NCCC1NC(=O)NC1=O. The fourth-order valence-electron chi connectivity index (χ4n) is 1.92. The second kappa shape index (κ2) is 6.05. The summed E-state index contributed by atoms with van der Waals surface area (Å²) >= 11 is 0. The number of amides is 4. The third-order valence-electron chi connectivity index (χ3n) is 2.93. The van der Waals surface area contributed by atoms with E-state index in [1.165, 1.54) is 7.11 Å². The highest BCUT2D eigenvalue weighted by Gasteiger charge is 2.28. The van der Waals surface area contributed by atoms with Crippen molar-refractivity contribution in [3.8, 4) is 5.75 Å². The molecule has 0 saturated carbocycles. The van der Waals surface area contributed by atoms with Crippen molar-refractivity contribution in [2.45, 2.75) is 12.5 Å². The lowest BCUT2D eigenvalue weighted by Crippen LogP contribution is -2.34. The van der Waals surface area contributed by atoms with E-state index < -0.39 is 12.1 Å². The molecule has 1 aliphatic rings. The third-order valence-corrected chi connectivity index (χ3v) is 2.93. The van der Waals surface area contributed by atoms with E-state index in [-0.39, 0.29) is 18.4 Å². The van der Waals surface area contributed by atoms with E-state index in [2.05, 4.69) is 16.0 Å². The third kappa shape index (κ3) is 3.05. The first-order valence-electron chi connectivity index (χ1n) is 6.14. The van der Waals surface area contributed by atoms with Crippen molar-refractivity contribution in [1.82, 2.24) is 16.0 Å². The molecule has 1 aromatic rings. The molecule has 0 radical (unpaired) electrons. The fourth-order valence-corrected chi connectivity index (χ4v) is 1.92. The van der Waals surface area contributed by atoms with Crippen LogP contribution in [0, 0.1) is 0 Å². The number of benzene rings is 1. The largest absolute Gasteiger partial charge is 0.496 e. The number of urea groups is 1. The van der Waals surface area contributed by atoms with Gasteiger partial charge in [0.1, 0.15) is 11.8 Å². The Morgan fingerprint density at radius 1 is 1.35 bits per heavy atom. The molecule has 2 rings (SSSR count). The molecule has 1 aliphatic heterocycles. The van der Waals surface area contributed by atoms with Crippen LogP contribution in [0.15, 0.2) is 24.3 Å². The lowest BCUT2D eigenvalue weighted by Gasteiger charge is -2.10. The van der Waals surface area contributed by atoms with Gasteiger partial charge in [0, 0.05) is 6.54 Å². The fraction of sp³-hybridized carbons (Fsp3) is 0.308. The average molecular weight is 277 g/mol. The maximum Gasteiger partial charge on any atom is 0.322 e. The van der Waals surface area contributed by atoms with Crippen molar-refractivity contribution < 1.29 is 19.1 Å². The Balaban J connectivity index is 1.86. The van der Waals surface area contributed by atoms with Crippen LogP contribution in [-0.4, -0.2) is 37.5 Å². The highest BCUT2D eigenvalue weighted by Crippen LogP contribution is 2.16. The lowest BCUT2D eigenvalue weighted by atomic mass is 10.1. The highest BCUT2D eigenvalue weighted by atomic mass is 16.5. The minimum atomic E-state index is -0.597. The molecule has 1 saturated heterocycles. The van der Waals surface area contributed by atoms with Crippen LogP contribution in [-0.2, 0) is 4.79 Å². The number of methoxy groups -OCH3 is 1. The maximum absolute atomic E-state index is 12.0. The van der Waals surface area contributed by atoms with Crippen molar-refractivity contribution in [2.75, 3.05) is 13.7 Å². The topological polar surface area (TPSA) is 96.5 Å². The molecule has 1 heterocycles. The molecule has 0 aliphatic carbocycles. The lowest BCUT2D eigenvalue weighted by molar-refractivity contribution is -0.120. The highest BCUT2D eigenvalue weighted by molar-refractivity contribution is 6.04. The Kier molecular flexibility index (Phi) is 4.19. The summed E-state index contributed by atoms with van der Waals surface area (Å²) in [5.41, 5.74) is 0.426. The zero-order valence-electron chi connectivity index (χ0n) is 10.9. The predicted octanol–water partition coefficient (Wildman–Crippen LogP) is 0.0231. The molecule has 4 amide bonds. The zero-order chi connectivity index (χ0) is 14.5. The molecule has 1 aromatic carbocycles. The standard InChI is InChI=1S/C13H15N3O4/c1-20-10-5-3-2-4-8(10)11(17)14-7-6-9-12(18)16-13(19)15-9/h2-5,9H,6-7H2,1H3,(H,14,17)(H2,15,16,18,19). The molecule has 0 aromatic heterocycles. The van der Waals surface area contributed by atoms with Gasteiger partial charge in [-0.15, -0.1) is 0 Å². The number of imide groups is 1. The van der Waals surface area contributed by atoms with Gasteiger partial charge in [0.05, 0.1) is 12.7 Å². The Morgan fingerprint density at radius 3 is 2.75 bits per heavy atom. The molecule has 0 bridgehead atoms. The van der Waals surface area contributed by atoms with Gasteiger partial charge in [0.15, 0.2) is 0 Å². The van der Waals surface area contributed by atoms with Crippen molar-refractivity contribution in [3.05, 3.63) is 29.8 Å². The summed E-state index contributed by atoms with van der Waals surface area (Å²) in [4.78, 5) is 34.2. The number of nitrogens with one attached hydrogen (secondary N) is 3. The molecule has 1 atom stereocenters. The van der Waals surface area contributed by atoms with Crippen molar-refractivity contribution >= 4 is 17.8 Å². The molecule has 106 valence electrons. The monoisotopic (exact) mass is 277 g/mol. The molecule has 20 heavy (non-hydrogen) atoms. The van der Waals surface area contributed by atoms with Crippen LogP contribution < -0.4 is 20.7 Å². The first kappa shape index (κ1) is 13.9. The number of hydrogen-bond acceptors (Lipinski definition) is 4. The number of carbonyl (C=O) groups excluding carboxylic acids is 3. The number of rotatable bonds is 5. The molecule has 0 spiro atoms. The first-order valence-corrected chi connectivity index (χ1v) is 6.14. The zero-order valence-corrected chi connectivity index (χ0v) is 10.9. The quantitative estimate of drug-likeness (QED) is 0.661. The van der Waals surface area contributed by atoms with Crippen molar-refractivity contribution in [2.24, 2.45) is 0 Å². The van der Waals surface area contributed by atoms with E-state index in [0.717, 1.165) is 0 Å². The molecule has 1 fully saturated rings. The number of carbonyl (C=O) groups is 3. The van der Waals surface area contributed by atoms with Crippen LogP contribution in [0.1, 0.15) is 16.8 Å². The van der Waals surface area contributed by atoms with Gasteiger partial charge in [-0.2, -0.15) is 0 Å². The van der Waals surface area contributed by atoms with E-state index in [4.69, 9.17) is 4.74 Å². The smallest absolute Gasteiger partial charge is 0.322 e. The minimum Gasteiger partial charge on any atom is -0.496 e. The van der Waals surface area contributed by atoms with Gasteiger partial charge in [-0.25, -0.2) is 4.79 Å². The van der Waals surface area contributed by atoms with Gasteiger partial charge in [0.25, 0.3) is 11.8 Å². The van der Waals surface area contributed by atoms with E-state index in [0.29, 0.717) is 17.7 Å². The Labute approximate surface area is 115 Å². The summed E-state index contributed by atoms with van der Waals surface area (Å²) < 4.78 is 5.10. The number of para-hydroxylation sites is 1. The van der Waals surface area contributed by atoms with Crippen molar-refractivity contribution in [1.29, 1.82) is 0 Å². The molecular weight excluding hydrogens is 262 g/mol. The Morgan fingerprint density at radius 2 is 2.10 bits per heavy atom. The summed E-state index contributed by atoms with van der Waals surface area (Å²) in [6.07, 6.45) is 0.332.